The van der Waals surface area contributed by atoms with Crippen molar-refractivity contribution in [3.63, 3.8) is 0 Å². The van der Waals surface area contributed by atoms with E-state index in [-0.39, 0.29) is 5.91 Å². The van der Waals surface area contributed by atoms with Crippen LogP contribution in [0.2, 0.25) is 5.02 Å². The maximum absolute atomic E-state index is 12.1. The maximum atomic E-state index is 12.1. The van der Waals surface area contributed by atoms with Crippen LogP contribution in [0.15, 0.2) is 48.8 Å². The van der Waals surface area contributed by atoms with E-state index in [1.165, 1.54) is 6.08 Å². The van der Waals surface area contributed by atoms with E-state index in [0.29, 0.717) is 23.1 Å². The summed E-state index contributed by atoms with van der Waals surface area (Å²) in [6, 6.07) is 8.98. The van der Waals surface area contributed by atoms with E-state index in [1.807, 2.05) is 16.7 Å². The number of pyridine rings is 1. The molecule has 0 radical (unpaired) electrons. The van der Waals surface area contributed by atoms with Crippen molar-refractivity contribution in [3.05, 3.63) is 65.1 Å². The number of carbonyl (C=O) groups excluding carboxylic acids is 1. The molecule has 0 fully saturated rings. The van der Waals surface area contributed by atoms with E-state index in [1.54, 1.807) is 50.8 Å². The minimum absolute atomic E-state index is 0.232. The zero-order valence-electron chi connectivity index (χ0n) is 14.4. The highest BCUT2D eigenvalue weighted by Crippen LogP contribution is 2.25. The number of methoxy groups -OCH3 is 2. The third-order valence-corrected chi connectivity index (χ3v) is 3.98. The van der Waals surface area contributed by atoms with Crippen molar-refractivity contribution in [1.29, 1.82) is 0 Å². The Morgan fingerprint density at radius 1 is 1.23 bits per heavy atom. The first-order chi connectivity index (χ1) is 12.6. The van der Waals surface area contributed by atoms with Crippen LogP contribution in [-0.4, -0.2) is 29.5 Å². The van der Waals surface area contributed by atoms with Gasteiger partial charge in [0.2, 0.25) is 5.91 Å². The van der Waals surface area contributed by atoms with Crippen LogP contribution in [-0.2, 0) is 11.3 Å². The second kappa shape index (κ2) is 7.93. The van der Waals surface area contributed by atoms with E-state index in [4.69, 9.17) is 21.1 Å². The molecule has 2 heterocycles. The van der Waals surface area contributed by atoms with Crippen LogP contribution >= 0.6 is 11.6 Å². The lowest BCUT2D eigenvalue weighted by Crippen LogP contribution is -2.20. The Balaban J connectivity index is 1.65. The Bertz CT molecular complexity index is 966. The van der Waals surface area contributed by atoms with Crippen LogP contribution in [0.25, 0.3) is 11.7 Å². The number of nitrogens with zero attached hydrogens (tertiary/aromatic N) is 2. The molecule has 1 amide bonds. The molecule has 0 aliphatic carbocycles. The number of halogens is 1. The van der Waals surface area contributed by atoms with Gasteiger partial charge in [-0.1, -0.05) is 11.6 Å². The molecule has 26 heavy (non-hydrogen) atoms. The summed E-state index contributed by atoms with van der Waals surface area (Å²) in [7, 11) is 3.17. The number of benzene rings is 1. The van der Waals surface area contributed by atoms with E-state index >= 15 is 0 Å². The lowest BCUT2D eigenvalue weighted by Gasteiger charge is -2.07. The number of imidazole rings is 1. The monoisotopic (exact) mass is 371 g/mol. The summed E-state index contributed by atoms with van der Waals surface area (Å²) in [4.78, 5) is 16.5. The summed E-state index contributed by atoms with van der Waals surface area (Å²) < 4.78 is 12.3. The van der Waals surface area contributed by atoms with E-state index in [9.17, 15) is 4.79 Å². The number of rotatable bonds is 6. The van der Waals surface area contributed by atoms with Crippen LogP contribution in [0.4, 0.5) is 0 Å². The highest BCUT2D eigenvalue weighted by Gasteiger charge is 2.05. The van der Waals surface area contributed by atoms with Crippen molar-refractivity contribution in [1.82, 2.24) is 14.7 Å². The molecule has 6 nitrogen and oxygen atoms in total. The van der Waals surface area contributed by atoms with E-state index in [0.717, 1.165) is 16.9 Å². The molecule has 0 bridgehead atoms. The molecule has 0 saturated carbocycles. The van der Waals surface area contributed by atoms with Crippen LogP contribution < -0.4 is 14.8 Å². The number of nitrogens with one attached hydrogen (secondary N) is 1. The first kappa shape index (κ1) is 17.8. The van der Waals surface area contributed by atoms with Gasteiger partial charge < -0.3 is 19.2 Å². The molecule has 1 aromatic carbocycles. The molecule has 0 aliphatic heterocycles. The van der Waals surface area contributed by atoms with Crippen molar-refractivity contribution in [2.45, 2.75) is 6.54 Å². The number of hydrogen-bond acceptors (Lipinski definition) is 4. The molecule has 0 saturated heterocycles. The molecule has 0 aliphatic rings. The van der Waals surface area contributed by atoms with Crippen LogP contribution in [0, 0.1) is 0 Å². The van der Waals surface area contributed by atoms with Crippen molar-refractivity contribution >= 4 is 29.2 Å². The number of amides is 1. The van der Waals surface area contributed by atoms with Crippen LogP contribution in [0.3, 0.4) is 0 Å². The fourth-order valence-corrected chi connectivity index (χ4v) is 2.64. The Labute approximate surface area is 156 Å². The Morgan fingerprint density at radius 2 is 2.08 bits per heavy atom. The zero-order chi connectivity index (χ0) is 18.5. The molecule has 2 aromatic heterocycles. The van der Waals surface area contributed by atoms with Gasteiger partial charge in [0.05, 0.1) is 31.5 Å². The summed E-state index contributed by atoms with van der Waals surface area (Å²) in [5.41, 5.74) is 2.27. The summed E-state index contributed by atoms with van der Waals surface area (Å²) >= 11 is 5.95. The highest BCUT2D eigenvalue weighted by atomic mass is 35.5. The predicted octanol–water partition coefficient (Wildman–Crippen LogP) is 3.33. The molecular weight excluding hydrogens is 354 g/mol. The maximum Gasteiger partial charge on any atom is 0.244 e. The SMILES string of the molecule is COc1ccc(OC)c(/C=C/C(=O)NCc2cn3cc(Cl)ccc3n2)c1. The molecule has 3 rings (SSSR count). The van der Waals surface area contributed by atoms with Gasteiger partial charge in [0.25, 0.3) is 0 Å². The van der Waals surface area contributed by atoms with Crippen molar-refractivity contribution in [3.8, 4) is 11.5 Å². The minimum atomic E-state index is -0.232. The molecule has 1 N–H and O–H groups in total. The van der Waals surface area contributed by atoms with Crippen LogP contribution in [0.1, 0.15) is 11.3 Å². The van der Waals surface area contributed by atoms with Crippen molar-refractivity contribution in [2.75, 3.05) is 14.2 Å². The predicted molar refractivity (Wildman–Crippen MR) is 101 cm³/mol. The fourth-order valence-electron chi connectivity index (χ4n) is 2.47. The second-order valence-electron chi connectivity index (χ2n) is 5.50. The number of carbonyl (C=O) groups is 1. The fraction of sp³-hybridized carbons (Fsp3) is 0.158. The normalized spacial score (nSPS) is 11.0. The molecule has 0 unspecified atom stereocenters. The molecule has 134 valence electrons. The lowest BCUT2D eigenvalue weighted by molar-refractivity contribution is -0.116. The molecule has 0 atom stereocenters. The van der Waals surface area contributed by atoms with E-state index < -0.39 is 0 Å². The van der Waals surface area contributed by atoms with Crippen molar-refractivity contribution in [2.24, 2.45) is 0 Å². The van der Waals surface area contributed by atoms with Gasteiger partial charge in [-0.15, -0.1) is 0 Å². The number of fused-ring (bicyclic) bond motifs is 1. The van der Waals surface area contributed by atoms with Gasteiger partial charge in [-0.05, 0) is 36.4 Å². The third-order valence-electron chi connectivity index (χ3n) is 3.76. The first-order valence-electron chi connectivity index (χ1n) is 7.90. The Kier molecular flexibility index (Phi) is 5.43. The highest BCUT2D eigenvalue weighted by molar-refractivity contribution is 6.30. The second-order valence-corrected chi connectivity index (χ2v) is 5.94. The lowest BCUT2D eigenvalue weighted by atomic mass is 10.1. The quantitative estimate of drug-likeness (QED) is 0.675. The van der Waals surface area contributed by atoms with Gasteiger partial charge in [0.15, 0.2) is 0 Å². The summed E-state index contributed by atoms with van der Waals surface area (Å²) in [5.74, 6) is 1.12. The number of ether oxygens (including phenoxy) is 2. The van der Waals surface area contributed by atoms with E-state index in [2.05, 4.69) is 10.3 Å². The minimum Gasteiger partial charge on any atom is -0.497 e. The Hall–Kier alpha value is -2.99. The number of aromatic nitrogens is 2. The molecule has 7 heteroatoms. The van der Waals surface area contributed by atoms with Crippen molar-refractivity contribution < 1.29 is 14.3 Å². The van der Waals surface area contributed by atoms with Gasteiger partial charge in [-0.25, -0.2) is 4.98 Å². The van der Waals surface area contributed by atoms with Gasteiger partial charge in [0.1, 0.15) is 17.1 Å². The zero-order valence-corrected chi connectivity index (χ0v) is 15.2. The van der Waals surface area contributed by atoms with Gasteiger partial charge in [-0.3, -0.25) is 4.79 Å². The third kappa shape index (κ3) is 4.15. The van der Waals surface area contributed by atoms with Gasteiger partial charge in [0, 0.05) is 24.0 Å². The smallest absolute Gasteiger partial charge is 0.244 e. The molecular formula is C19H18ClN3O3. The largest absolute Gasteiger partial charge is 0.497 e. The number of hydrogen-bond donors (Lipinski definition) is 1. The Morgan fingerprint density at radius 3 is 2.85 bits per heavy atom. The standard InChI is InChI=1S/C19H18ClN3O3/c1-25-16-5-6-17(26-2)13(9-16)3-8-19(24)21-10-15-12-23-11-14(20)4-7-18(23)22-15/h3-9,11-12H,10H2,1-2H3,(H,21,24)/b8-3+. The average Bonchev–Trinajstić information content (AvgIpc) is 3.06. The van der Waals surface area contributed by atoms with Gasteiger partial charge >= 0.3 is 0 Å². The summed E-state index contributed by atoms with van der Waals surface area (Å²) in [6.07, 6.45) is 6.73. The average molecular weight is 372 g/mol. The summed E-state index contributed by atoms with van der Waals surface area (Å²) in [6.45, 7) is 0.317. The first-order valence-corrected chi connectivity index (χ1v) is 8.28. The molecule has 3 aromatic rings. The summed E-state index contributed by atoms with van der Waals surface area (Å²) in [5, 5.41) is 3.43. The molecule has 0 spiro atoms. The topological polar surface area (TPSA) is 64.9 Å². The van der Waals surface area contributed by atoms with Gasteiger partial charge in [-0.2, -0.15) is 0 Å². The van der Waals surface area contributed by atoms with Crippen LogP contribution in [0.5, 0.6) is 11.5 Å².